The third-order valence-electron chi connectivity index (χ3n) is 12.7. The van der Waals surface area contributed by atoms with Gasteiger partial charge >= 0.3 is 0 Å². The zero-order valence-electron chi connectivity index (χ0n) is 33.5. The largest absolute Gasteiger partial charge is 0.456 e. The number of para-hydroxylation sites is 2. The summed E-state index contributed by atoms with van der Waals surface area (Å²) in [5.74, 6) is 1.68. The highest BCUT2D eigenvalue weighted by Gasteiger charge is 2.21. The Morgan fingerprint density at radius 2 is 0.667 bits per heavy atom. The first-order valence-electron chi connectivity index (χ1n) is 21.1. The van der Waals surface area contributed by atoms with Crippen LogP contribution >= 0.6 is 0 Å². The minimum atomic E-state index is 0.547. The summed E-state index contributed by atoms with van der Waals surface area (Å²) < 4.78 is 19.1. The van der Waals surface area contributed by atoms with Gasteiger partial charge in [-0.2, -0.15) is 0 Å². The van der Waals surface area contributed by atoms with Gasteiger partial charge in [0.1, 0.15) is 33.5 Å². The normalized spacial score (nSPS) is 12.1. The van der Waals surface area contributed by atoms with Crippen LogP contribution in [0.1, 0.15) is 0 Å². The zero-order chi connectivity index (χ0) is 41.2. The van der Waals surface area contributed by atoms with Crippen molar-refractivity contribution in [3.05, 3.63) is 188 Å². The Kier molecular flexibility index (Phi) is 7.02. The SMILES string of the molecule is c1ccc2c(c1)oc1cc(-c3nc(-c4cccc5oc6ccc(-c7ccc8oc9ccccc9c8c7)cc6c45)nc(-c4cccc5c6ccccc6c6ccccc6c45)n3)ccc12. The third kappa shape index (κ3) is 5.09. The molecule has 0 aliphatic rings. The van der Waals surface area contributed by atoms with E-state index < -0.39 is 0 Å². The van der Waals surface area contributed by atoms with E-state index in [9.17, 15) is 0 Å². The van der Waals surface area contributed by atoms with Crippen LogP contribution in [0.3, 0.4) is 0 Å². The number of hydrogen-bond acceptors (Lipinski definition) is 6. The molecule has 0 saturated heterocycles. The molecule has 0 bridgehead atoms. The predicted octanol–water partition coefficient (Wildman–Crippen LogP) is 15.7. The van der Waals surface area contributed by atoms with Crippen LogP contribution in [0.25, 0.3) is 143 Å². The fourth-order valence-electron chi connectivity index (χ4n) is 9.85. The van der Waals surface area contributed by atoms with Gasteiger partial charge in [-0.05, 0) is 92.7 Å². The Morgan fingerprint density at radius 3 is 1.37 bits per heavy atom. The van der Waals surface area contributed by atoms with Gasteiger partial charge in [0.15, 0.2) is 17.5 Å². The highest BCUT2D eigenvalue weighted by atomic mass is 16.3. The van der Waals surface area contributed by atoms with Crippen LogP contribution in [0, 0.1) is 0 Å². The van der Waals surface area contributed by atoms with E-state index in [1.165, 1.54) is 16.2 Å². The Bertz CT molecular complexity index is 4190. The van der Waals surface area contributed by atoms with E-state index in [0.717, 1.165) is 110 Å². The summed E-state index contributed by atoms with van der Waals surface area (Å²) in [5.41, 5.74) is 9.67. The van der Waals surface area contributed by atoms with Crippen LogP contribution in [0.4, 0.5) is 0 Å². The topological polar surface area (TPSA) is 78.1 Å². The Balaban J connectivity index is 1.02. The lowest BCUT2D eigenvalue weighted by Gasteiger charge is -2.15. The highest BCUT2D eigenvalue weighted by molar-refractivity contribution is 6.28. The standard InChI is InChI=1S/C57H31N3O3/c1-2-12-37-35(11-1)36-13-3-4-16-41(36)53-42(37)17-9-18-43(53)56-58-55(34-23-26-40-38-14-5-7-20-47(38)63-52(40)31-34)59-57(60-56)44-19-10-22-51-54(44)46-30-33(25-28-50(46)62-51)32-24-27-49-45(29-32)39-15-6-8-21-48(39)61-49/h1-31H. The van der Waals surface area contributed by atoms with E-state index in [-0.39, 0.29) is 0 Å². The number of benzene rings is 10. The molecule has 292 valence electrons. The van der Waals surface area contributed by atoms with Crippen molar-refractivity contribution in [1.29, 1.82) is 0 Å². The van der Waals surface area contributed by atoms with Crippen LogP contribution in [0.5, 0.6) is 0 Å². The second-order valence-electron chi connectivity index (χ2n) is 16.2. The molecule has 6 nitrogen and oxygen atoms in total. The Labute approximate surface area is 358 Å². The van der Waals surface area contributed by atoms with Crippen molar-refractivity contribution in [3.8, 4) is 45.3 Å². The number of hydrogen-bond donors (Lipinski definition) is 0. The lowest BCUT2D eigenvalue weighted by atomic mass is 9.91. The molecule has 0 atom stereocenters. The maximum absolute atomic E-state index is 6.58. The van der Waals surface area contributed by atoms with Gasteiger partial charge in [-0.15, -0.1) is 0 Å². The lowest BCUT2D eigenvalue weighted by Crippen LogP contribution is -2.01. The molecule has 0 fully saturated rings. The average molecular weight is 806 g/mol. The molecule has 0 amide bonds. The minimum Gasteiger partial charge on any atom is -0.456 e. The molecule has 4 heterocycles. The summed E-state index contributed by atoms with van der Waals surface area (Å²) in [5, 5.41) is 13.2. The van der Waals surface area contributed by atoms with Crippen molar-refractivity contribution in [3.63, 3.8) is 0 Å². The van der Waals surface area contributed by atoms with Crippen LogP contribution in [-0.2, 0) is 0 Å². The van der Waals surface area contributed by atoms with Gasteiger partial charge in [0.25, 0.3) is 0 Å². The second-order valence-corrected chi connectivity index (χ2v) is 16.2. The van der Waals surface area contributed by atoms with Gasteiger partial charge in [-0.1, -0.05) is 133 Å². The molecule has 14 rings (SSSR count). The van der Waals surface area contributed by atoms with Gasteiger partial charge in [0.2, 0.25) is 0 Å². The Morgan fingerprint density at radius 1 is 0.238 bits per heavy atom. The molecule has 4 aromatic heterocycles. The molecule has 0 radical (unpaired) electrons. The highest BCUT2D eigenvalue weighted by Crippen LogP contribution is 2.43. The monoisotopic (exact) mass is 805 g/mol. The van der Waals surface area contributed by atoms with Crippen molar-refractivity contribution in [2.45, 2.75) is 0 Å². The van der Waals surface area contributed by atoms with E-state index in [0.29, 0.717) is 17.5 Å². The smallest absolute Gasteiger partial charge is 0.164 e. The molecular formula is C57H31N3O3. The minimum absolute atomic E-state index is 0.547. The molecule has 14 aromatic rings. The fourth-order valence-corrected chi connectivity index (χ4v) is 9.85. The summed E-state index contributed by atoms with van der Waals surface area (Å²) in [6, 6.07) is 65.1. The first-order valence-corrected chi connectivity index (χ1v) is 21.1. The first-order chi connectivity index (χ1) is 31.2. The molecule has 0 aliphatic heterocycles. The van der Waals surface area contributed by atoms with E-state index in [1.54, 1.807) is 0 Å². The van der Waals surface area contributed by atoms with Crippen LogP contribution in [-0.4, -0.2) is 15.0 Å². The summed E-state index contributed by atoms with van der Waals surface area (Å²) in [4.78, 5) is 16.0. The van der Waals surface area contributed by atoms with E-state index >= 15 is 0 Å². The lowest BCUT2D eigenvalue weighted by molar-refractivity contribution is 0.668. The summed E-state index contributed by atoms with van der Waals surface area (Å²) >= 11 is 0. The second kappa shape index (κ2) is 12.9. The van der Waals surface area contributed by atoms with E-state index in [1.807, 2.05) is 48.5 Å². The van der Waals surface area contributed by atoms with Crippen molar-refractivity contribution in [1.82, 2.24) is 15.0 Å². The molecule has 63 heavy (non-hydrogen) atoms. The summed E-state index contributed by atoms with van der Waals surface area (Å²) in [6.07, 6.45) is 0. The quantitative estimate of drug-likeness (QED) is 0.165. The van der Waals surface area contributed by atoms with Crippen molar-refractivity contribution in [2.75, 3.05) is 0 Å². The van der Waals surface area contributed by atoms with Gasteiger partial charge in [0.05, 0.1) is 0 Å². The third-order valence-corrected chi connectivity index (χ3v) is 12.7. The molecule has 0 saturated carbocycles. The fraction of sp³-hybridized carbons (Fsp3) is 0. The summed E-state index contributed by atoms with van der Waals surface area (Å²) in [6.45, 7) is 0. The molecule has 10 aromatic carbocycles. The number of rotatable bonds is 4. The molecule has 0 unspecified atom stereocenters. The molecule has 0 aliphatic carbocycles. The summed E-state index contributed by atoms with van der Waals surface area (Å²) in [7, 11) is 0. The van der Waals surface area contributed by atoms with E-state index in [4.69, 9.17) is 28.2 Å². The van der Waals surface area contributed by atoms with Gasteiger partial charge in [0, 0.05) is 54.4 Å². The maximum atomic E-state index is 6.58. The van der Waals surface area contributed by atoms with Gasteiger partial charge in [-0.25, -0.2) is 15.0 Å². The van der Waals surface area contributed by atoms with Gasteiger partial charge in [-0.3, -0.25) is 0 Å². The van der Waals surface area contributed by atoms with Gasteiger partial charge < -0.3 is 13.3 Å². The van der Waals surface area contributed by atoms with Crippen molar-refractivity contribution in [2.24, 2.45) is 0 Å². The first kappa shape index (κ1) is 34.1. The number of fused-ring (bicyclic) bond motifs is 15. The molecular weight excluding hydrogens is 775 g/mol. The van der Waals surface area contributed by atoms with Crippen LogP contribution < -0.4 is 0 Å². The number of aromatic nitrogens is 3. The number of furan rings is 3. The van der Waals surface area contributed by atoms with Crippen LogP contribution in [0.15, 0.2) is 201 Å². The van der Waals surface area contributed by atoms with E-state index in [2.05, 4.69) is 140 Å². The number of nitrogens with zero attached hydrogens (tertiary/aromatic N) is 3. The maximum Gasteiger partial charge on any atom is 0.164 e. The molecule has 6 heteroatoms. The zero-order valence-corrected chi connectivity index (χ0v) is 33.5. The predicted molar refractivity (Wildman–Crippen MR) is 256 cm³/mol. The van der Waals surface area contributed by atoms with Crippen LogP contribution in [0.2, 0.25) is 0 Å². The molecule has 0 N–H and O–H groups in total. The van der Waals surface area contributed by atoms with Crippen molar-refractivity contribution < 1.29 is 13.3 Å². The van der Waals surface area contributed by atoms with Crippen molar-refractivity contribution >= 4 is 98.1 Å². The molecule has 0 spiro atoms. The average Bonchev–Trinajstić information content (AvgIpc) is 4.04. The Hall–Kier alpha value is -8.61.